The van der Waals surface area contributed by atoms with Gasteiger partial charge in [-0.15, -0.1) is 0 Å². The number of rotatable bonds is 5. The van der Waals surface area contributed by atoms with Crippen LogP contribution in [-0.4, -0.2) is 30.8 Å². The first-order valence-electron chi connectivity index (χ1n) is 7.24. The Bertz CT molecular complexity index is 614. The van der Waals surface area contributed by atoms with Crippen molar-refractivity contribution in [2.45, 2.75) is 45.3 Å². The number of aryl methyl sites for hydroxylation is 1. The first-order chi connectivity index (χ1) is 11.0. The molecule has 0 aliphatic rings. The van der Waals surface area contributed by atoms with E-state index >= 15 is 0 Å². The Morgan fingerprint density at radius 1 is 1.12 bits per heavy atom. The Labute approximate surface area is 138 Å². The van der Waals surface area contributed by atoms with Gasteiger partial charge in [0.25, 0.3) is 0 Å². The van der Waals surface area contributed by atoms with Crippen LogP contribution in [0.3, 0.4) is 0 Å². The van der Waals surface area contributed by atoms with E-state index in [1.165, 1.54) is 0 Å². The van der Waals surface area contributed by atoms with Crippen molar-refractivity contribution in [2.75, 3.05) is 7.11 Å². The SMILES string of the molecule is COC(=O)C(CCc1cc(F)c(F)cc1F)NC(=O)OC(C)(C)C. The van der Waals surface area contributed by atoms with Gasteiger partial charge in [0.1, 0.15) is 17.5 Å². The zero-order valence-corrected chi connectivity index (χ0v) is 13.9. The molecule has 134 valence electrons. The minimum atomic E-state index is -1.30. The van der Waals surface area contributed by atoms with Crippen molar-refractivity contribution in [1.82, 2.24) is 5.32 Å². The standard InChI is InChI=1S/C16H20F3NO4/c1-16(2,3)24-15(22)20-13(14(21)23-4)6-5-9-7-11(18)12(19)8-10(9)17/h7-8,13H,5-6H2,1-4H3,(H,20,22). The minimum Gasteiger partial charge on any atom is -0.467 e. The van der Waals surface area contributed by atoms with Gasteiger partial charge in [-0.05, 0) is 45.2 Å². The van der Waals surface area contributed by atoms with E-state index in [9.17, 15) is 22.8 Å². The summed E-state index contributed by atoms with van der Waals surface area (Å²) in [5.41, 5.74) is -0.884. The van der Waals surface area contributed by atoms with Gasteiger partial charge in [-0.2, -0.15) is 0 Å². The second kappa shape index (κ2) is 8.03. The normalized spacial score (nSPS) is 12.5. The van der Waals surface area contributed by atoms with Gasteiger partial charge in [0.2, 0.25) is 0 Å². The maximum atomic E-state index is 13.6. The van der Waals surface area contributed by atoms with Crippen LogP contribution in [-0.2, 0) is 20.7 Å². The zero-order chi connectivity index (χ0) is 18.5. The third kappa shape index (κ3) is 6.10. The Hall–Kier alpha value is -2.25. The molecule has 0 aliphatic carbocycles. The van der Waals surface area contributed by atoms with E-state index in [-0.39, 0.29) is 18.4 Å². The van der Waals surface area contributed by atoms with Crippen LogP contribution in [0, 0.1) is 17.5 Å². The summed E-state index contributed by atoms with van der Waals surface area (Å²) >= 11 is 0. The predicted molar refractivity (Wildman–Crippen MR) is 79.8 cm³/mol. The van der Waals surface area contributed by atoms with E-state index in [1.807, 2.05) is 0 Å². The number of hydrogen-bond donors (Lipinski definition) is 1. The number of carbonyl (C=O) groups excluding carboxylic acids is 2. The number of benzene rings is 1. The summed E-state index contributed by atoms with van der Waals surface area (Å²) in [7, 11) is 1.13. The third-order valence-corrected chi connectivity index (χ3v) is 2.97. The number of hydrogen-bond acceptors (Lipinski definition) is 4. The van der Waals surface area contributed by atoms with Crippen LogP contribution >= 0.6 is 0 Å². The van der Waals surface area contributed by atoms with Gasteiger partial charge in [0.15, 0.2) is 11.6 Å². The van der Waals surface area contributed by atoms with Crippen LogP contribution in [0.2, 0.25) is 0 Å². The number of methoxy groups -OCH3 is 1. The van der Waals surface area contributed by atoms with Crippen LogP contribution in [0.4, 0.5) is 18.0 Å². The summed E-state index contributed by atoms with van der Waals surface area (Å²) in [4.78, 5) is 23.5. The summed E-state index contributed by atoms with van der Waals surface area (Å²) in [6.45, 7) is 4.95. The van der Waals surface area contributed by atoms with Gasteiger partial charge in [-0.1, -0.05) is 0 Å². The van der Waals surface area contributed by atoms with E-state index in [2.05, 4.69) is 10.1 Å². The number of alkyl carbamates (subject to hydrolysis) is 1. The molecule has 0 bridgehead atoms. The lowest BCUT2D eigenvalue weighted by atomic mass is 10.0. The number of ether oxygens (including phenoxy) is 2. The molecule has 0 saturated carbocycles. The highest BCUT2D eigenvalue weighted by Crippen LogP contribution is 2.16. The fourth-order valence-electron chi connectivity index (χ4n) is 1.90. The average Bonchev–Trinajstić information content (AvgIpc) is 2.45. The molecule has 5 nitrogen and oxygen atoms in total. The van der Waals surface area contributed by atoms with Crippen LogP contribution in [0.5, 0.6) is 0 Å². The molecule has 0 fully saturated rings. The van der Waals surface area contributed by atoms with Gasteiger partial charge in [-0.3, -0.25) is 0 Å². The van der Waals surface area contributed by atoms with Gasteiger partial charge < -0.3 is 14.8 Å². The van der Waals surface area contributed by atoms with Crippen molar-refractivity contribution in [3.8, 4) is 0 Å². The highest BCUT2D eigenvalue weighted by atomic mass is 19.2. The quantitative estimate of drug-likeness (QED) is 0.657. The summed E-state index contributed by atoms with van der Waals surface area (Å²) in [6, 6.07) is 0.0309. The van der Waals surface area contributed by atoms with E-state index in [0.717, 1.165) is 7.11 Å². The lowest BCUT2D eigenvalue weighted by Gasteiger charge is -2.22. The molecule has 8 heteroatoms. The molecule has 1 amide bonds. The molecular formula is C16H20F3NO4. The van der Waals surface area contributed by atoms with Crippen molar-refractivity contribution < 1.29 is 32.2 Å². The summed E-state index contributed by atoms with van der Waals surface area (Å²) in [6.07, 6.45) is -1.03. The molecule has 0 spiro atoms. The lowest BCUT2D eigenvalue weighted by molar-refractivity contribution is -0.143. The Balaban J connectivity index is 2.79. The monoisotopic (exact) mass is 347 g/mol. The average molecular weight is 347 g/mol. The largest absolute Gasteiger partial charge is 0.467 e. The second-order valence-electron chi connectivity index (χ2n) is 6.12. The second-order valence-corrected chi connectivity index (χ2v) is 6.12. The van der Waals surface area contributed by atoms with Crippen molar-refractivity contribution >= 4 is 12.1 Å². The van der Waals surface area contributed by atoms with E-state index in [0.29, 0.717) is 12.1 Å². The minimum absolute atomic E-state index is 0.0755. The number of esters is 1. The van der Waals surface area contributed by atoms with E-state index < -0.39 is 41.2 Å². The smallest absolute Gasteiger partial charge is 0.408 e. The van der Waals surface area contributed by atoms with E-state index in [4.69, 9.17) is 4.74 Å². The first-order valence-corrected chi connectivity index (χ1v) is 7.24. The van der Waals surface area contributed by atoms with Crippen LogP contribution in [0.1, 0.15) is 32.8 Å². The molecule has 1 unspecified atom stereocenters. The molecular weight excluding hydrogens is 327 g/mol. The highest BCUT2D eigenvalue weighted by molar-refractivity contribution is 5.81. The van der Waals surface area contributed by atoms with Gasteiger partial charge >= 0.3 is 12.1 Å². The van der Waals surface area contributed by atoms with Gasteiger partial charge in [0.05, 0.1) is 7.11 Å². The number of halogens is 3. The van der Waals surface area contributed by atoms with Crippen LogP contribution < -0.4 is 5.32 Å². The number of nitrogens with one attached hydrogen (secondary N) is 1. The van der Waals surface area contributed by atoms with Crippen molar-refractivity contribution in [3.63, 3.8) is 0 Å². The lowest BCUT2D eigenvalue weighted by Crippen LogP contribution is -2.44. The molecule has 0 saturated heterocycles. The highest BCUT2D eigenvalue weighted by Gasteiger charge is 2.25. The molecule has 1 atom stereocenters. The van der Waals surface area contributed by atoms with Crippen molar-refractivity contribution in [2.24, 2.45) is 0 Å². The number of carbonyl (C=O) groups is 2. The molecule has 1 aromatic carbocycles. The molecule has 0 heterocycles. The summed E-state index contributed by atoms with van der Waals surface area (Å²) < 4.78 is 49.3. The molecule has 0 radical (unpaired) electrons. The molecule has 0 aliphatic heterocycles. The molecule has 1 aromatic rings. The first kappa shape index (κ1) is 19.8. The molecule has 0 aromatic heterocycles. The van der Waals surface area contributed by atoms with E-state index in [1.54, 1.807) is 20.8 Å². The molecule has 1 N–H and O–H groups in total. The van der Waals surface area contributed by atoms with Crippen molar-refractivity contribution in [1.29, 1.82) is 0 Å². The topological polar surface area (TPSA) is 64.6 Å². The Morgan fingerprint density at radius 3 is 2.25 bits per heavy atom. The van der Waals surface area contributed by atoms with Crippen LogP contribution in [0.25, 0.3) is 0 Å². The fraction of sp³-hybridized carbons (Fsp3) is 0.500. The van der Waals surface area contributed by atoms with Crippen molar-refractivity contribution in [3.05, 3.63) is 35.1 Å². The maximum absolute atomic E-state index is 13.6. The Morgan fingerprint density at radius 2 is 1.71 bits per heavy atom. The Kier molecular flexibility index (Phi) is 6.62. The van der Waals surface area contributed by atoms with Gasteiger partial charge in [-0.25, -0.2) is 22.8 Å². The molecule has 24 heavy (non-hydrogen) atoms. The summed E-state index contributed by atoms with van der Waals surface area (Å²) in [5, 5.41) is 2.31. The molecule has 1 rings (SSSR count). The third-order valence-electron chi connectivity index (χ3n) is 2.97. The predicted octanol–water partition coefficient (Wildman–Crippen LogP) is 3.10. The summed E-state index contributed by atoms with van der Waals surface area (Å²) in [5.74, 6) is -4.19. The maximum Gasteiger partial charge on any atom is 0.408 e. The van der Waals surface area contributed by atoms with Gasteiger partial charge in [0, 0.05) is 6.07 Å². The zero-order valence-electron chi connectivity index (χ0n) is 13.9. The van der Waals surface area contributed by atoms with Crippen LogP contribution in [0.15, 0.2) is 12.1 Å². The fourth-order valence-corrected chi connectivity index (χ4v) is 1.90. The number of amides is 1.